The van der Waals surface area contributed by atoms with Gasteiger partial charge in [-0.2, -0.15) is 0 Å². The van der Waals surface area contributed by atoms with Crippen molar-refractivity contribution in [2.24, 2.45) is 0 Å². The van der Waals surface area contributed by atoms with Gasteiger partial charge in [0.1, 0.15) is 0 Å². The van der Waals surface area contributed by atoms with Crippen molar-refractivity contribution >= 4 is 17.2 Å². The van der Waals surface area contributed by atoms with Gasteiger partial charge in [0.2, 0.25) is 0 Å². The van der Waals surface area contributed by atoms with Crippen LogP contribution in [0.1, 0.15) is 24.1 Å². The molecule has 0 amide bonds. The third-order valence-corrected chi connectivity index (χ3v) is 3.87. The van der Waals surface area contributed by atoms with Gasteiger partial charge in [0.25, 0.3) is 0 Å². The fourth-order valence-electron chi connectivity index (χ4n) is 2.64. The first-order valence-electron chi connectivity index (χ1n) is 6.95. The lowest BCUT2D eigenvalue weighted by Crippen LogP contribution is -2.24. The Balaban J connectivity index is 2.10. The van der Waals surface area contributed by atoms with Crippen molar-refractivity contribution in [1.82, 2.24) is 10.3 Å². The molecule has 1 aliphatic heterocycles. The Hall–Kier alpha value is -1.64. The van der Waals surface area contributed by atoms with Gasteiger partial charge in [-0.15, -0.1) is 0 Å². The first kappa shape index (κ1) is 13.3. The Morgan fingerprint density at radius 2 is 1.75 bits per heavy atom. The second-order valence-electron chi connectivity index (χ2n) is 4.95. The summed E-state index contributed by atoms with van der Waals surface area (Å²) < 4.78 is 0. The van der Waals surface area contributed by atoms with Gasteiger partial charge in [-0.3, -0.25) is 4.98 Å². The van der Waals surface area contributed by atoms with Crippen molar-refractivity contribution in [3.63, 3.8) is 0 Å². The molecule has 0 radical (unpaired) electrons. The van der Waals surface area contributed by atoms with Crippen LogP contribution in [-0.4, -0.2) is 18.1 Å². The molecule has 3 heteroatoms. The van der Waals surface area contributed by atoms with Crippen LogP contribution in [0.2, 0.25) is 5.02 Å². The molecule has 1 aromatic heterocycles. The van der Waals surface area contributed by atoms with Crippen molar-refractivity contribution in [1.29, 1.82) is 0 Å². The predicted octanol–water partition coefficient (Wildman–Crippen LogP) is 3.92. The Kier molecular flexibility index (Phi) is 4.14. The molecule has 1 aliphatic rings. The van der Waals surface area contributed by atoms with Gasteiger partial charge in [0, 0.05) is 16.8 Å². The zero-order valence-corrected chi connectivity index (χ0v) is 12.0. The van der Waals surface area contributed by atoms with Gasteiger partial charge in [-0.05, 0) is 55.8 Å². The molecule has 0 atom stereocenters. The first-order valence-corrected chi connectivity index (χ1v) is 7.32. The maximum absolute atomic E-state index is 6.01. The Morgan fingerprint density at radius 1 is 1.00 bits per heavy atom. The Morgan fingerprint density at radius 3 is 2.40 bits per heavy atom. The number of pyridine rings is 1. The number of nitrogens with one attached hydrogen (secondary N) is 1. The van der Waals surface area contributed by atoms with Crippen LogP contribution in [0.15, 0.2) is 54.2 Å². The summed E-state index contributed by atoms with van der Waals surface area (Å²) in [5.74, 6) is 0. The lowest BCUT2D eigenvalue weighted by atomic mass is 9.91. The molecule has 2 heterocycles. The van der Waals surface area contributed by atoms with Crippen LogP contribution < -0.4 is 5.32 Å². The second kappa shape index (κ2) is 6.21. The molecular weight excluding hydrogens is 268 g/mol. The van der Waals surface area contributed by atoms with E-state index in [1.807, 2.05) is 30.5 Å². The monoisotopic (exact) mass is 284 g/mol. The maximum atomic E-state index is 6.01. The smallest absolute Gasteiger partial charge is 0.0707 e. The van der Waals surface area contributed by atoms with E-state index >= 15 is 0 Å². The maximum Gasteiger partial charge on any atom is 0.0707 e. The minimum atomic E-state index is 0.768. The van der Waals surface area contributed by atoms with E-state index in [-0.39, 0.29) is 0 Å². The molecule has 2 nitrogen and oxygen atoms in total. The number of hydrogen-bond acceptors (Lipinski definition) is 2. The third-order valence-electron chi connectivity index (χ3n) is 3.61. The summed E-state index contributed by atoms with van der Waals surface area (Å²) in [4.78, 5) is 4.54. The zero-order chi connectivity index (χ0) is 13.8. The van der Waals surface area contributed by atoms with Crippen LogP contribution in [-0.2, 0) is 0 Å². The number of rotatable bonds is 2. The molecule has 0 spiro atoms. The molecule has 1 saturated heterocycles. The average Bonchev–Trinajstić information content (AvgIpc) is 2.52. The van der Waals surface area contributed by atoms with Gasteiger partial charge < -0.3 is 5.32 Å². The van der Waals surface area contributed by atoms with E-state index in [0.717, 1.165) is 36.6 Å². The fraction of sp³-hybridized carbons (Fsp3) is 0.235. The minimum Gasteiger partial charge on any atom is -0.316 e. The number of hydrogen-bond donors (Lipinski definition) is 1. The summed E-state index contributed by atoms with van der Waals surface area (Å²) in [6, 6.07) is 14.1. The zero-order valence-electron chi connectivity index (χ0n) is 11.3. The first-order chi connectivity index (χ1) is 9.84. The van der Waals surface area contributed by atoms with Crippen LogP contribution in [0.4, 0.5) is 0 Å². The SMILES string of the molecule is Clc1ccc(C(=C2CCNCC2)c2ccccn2)cc1. The van der Waals surface area contributed by atoms with E-state index in [9.17, 15) is 0 Å². The fourth-order valence-corrected chi connectivity index (χ4v) is 2.76. The third kappa shape index (κ3) is 2.92. The highest BCUT2D eigenvalue weighted by atomic mass is 35.5. The molecule has 2 aromatic rings. The molecule has 0 bridgehead atoms. The summed E-state index contributed by atoms with van der Waals surface area (Å²) >= 11 is 6.01. The minimum absolute atomic E-state index is 0.768. The number of halogens is 1. The van der Waals surface area contributed by atoms with Gasteiger partial charge in [-0.25, -0.2) is 0 Å². The quantitative estimate of drug-likeness (QED) is 0.904. The van der Waals surface area contributed by atoms with E-state index in [0.29, 0.717) is 0 Å². The summed E-state index contributed by atoms with van der Waals surface area (Å²) in [5.41, 5.74) is 4.99. The highest BCUT2D eigenvalue weighted by molar-refractivity contribution is 6.30. The van der Waals surface area contributed by atoms with E-state index in [1.165, 1.54) is 16.7 Å². The predicted molar refractivity (Wildman–Crippen MR) is 83.8 cm³/mol. The van der Waals surface area contributed by atoms with Crippen LogP contribution in [0.25, 0.3) is 5.57 Å². The number of nitrogens with zero attached hydrogens (tertiary/aromatic N) is 1. The van der Waals surface area contributed by atoms with Crippen molar-refractivity contribution in [3.8, 4) is 0 Å². The highest BCUT2D eigenvalue weighted by Crippen LogP contribution is 2.30. The number of aromatic nitrogens is 1. The standard InChI is InChI=1S/C17H17ClN2/c18-15-6-4-13(5-7-15)17(14-8-11-19-12-9-14)16-3-1-2-10-20-16/h1-7,10,19H,8-9,11-12H2. The highest BCUT2D eigenvalue weighted by Gasteiger charge is 2.15. The van der Waals surface area contributed by atoms with Crippen molar-refractivity contribution < 1.29 is 0 Å². The second-order valence-corrected chi connectivity index (χ2v) is 5.39. The number of piperidine rings is 1. The molecule has 0 aliphatic carbocycles. The normalized spacial score (nSPS) is 15.2. The molecule has 102 valence electrons. The summed E-state index contributed by atoms with van der Waals surface area (Å²) in [6.45, 7) is 2.08. The summed E-state index contributed by atoms with van der Waals surface area (Å²) in [7, 11) is 0. The van der Waals surface area contributed by atoms with E-state index in [4.69, 9.17) is 11.6 Å². The van der Waals surface area contributed by atoms with E-state index in [2.05, 4.69) is 28.5 Å². The molecular formula is C17H17ClN2. The molecule has 0 unspecified atom stereocenters. The van der Waals surface area contributed by atoms with Crippen molar-refractivity contribution in [3.05, 3.63) is 70.5 Å². The van der Waals surface area contributed by atoms with Crippen molar-refractivity contribution in [2.45, 2.75) is 12.8 Å². The van der Waals surface area contributed by atoms with Gasteiger partial charge in [0.05, 0.1) is 5.69 Å². The molecule has 1 fully saturated rings. The molecule has 20 heavy (non-hydrogen) atoms. The van der Waals surface area contributed by atoms with Crippen LogP contribution in [0, 0.1) is 0 Å². The van der Waals surface area contributed by atoms with Crippen LogP contribution in [0.3, 0.4) is 0 Å². The molecule has 3 rings (SSSR count). The number of benzene rings is 1. The summed E-state index contributed by atoms with van der Waals surface area (Å²) in [5, 5.41) is 4.17. The van der Waals surface area contributed by atoms with Crippen LogP contribution in [0.5, 0.6) is 0 Å². The molecule has 1 aromatic carbocycles. The Labute approximate surface area is 124 Å². The molecule has 0 saturated carbocycles. The average molecular weight is 285 g/mol. The van der Waals surface area contributed by atoms with Gasteiger partial charge in [-0.1, -0.05) is 35.4 Å². The Bertz CT molecular complexity index is 595. The topological polar surface area (TPSA) is 24.9 Å². The summed E-state index contributed by atoms with van der Waals surface area (Å²) in [6.07, 6.45) is 4.01. The lowest BCUT2D eigenvalue weighted by molar-refractivity contribution is 0.611. The van der Waals surface area contributed by atoms with E-state index in [1.54, 1.807) is 0 Å². The van der Waals surface area contributed by atoms with Gasteiger partial charge in [0.15, 0.2) is 0 Å². The molecule has 1 N–H and O–H groups in total. The van der Waals surface area contributed by atoms with Gasteiger partial charge >= 0.3 is 0 Å². The van der Waals surface area contributed by atoms with E-state index < -0.39 is 0 Å². The van der Waals surface area contributed by atoms with Crippen LogP contribution >= 0.6 is 11.6 Å². The largest absolute Gasteiger partial charge is 0.316 e. The van der Waals surface area contributed by atoms with Crippen molar-refractivity contribution in [2.75, 3.05) is 13.1 Å². The lowest BCUT2D eigenvalue weighted by Gasteiger charge is -2.20.